The van der Waals surface area contributed by atoms with Gasteiger partial charge in [-0.05, 0) is 45.1 Å². The summed E-state index contributed by atoms with van der Waals surface area (Å²) in [6.07, 6.45) is 0. The summed E-state index contributed by atoms with van der Waals surface area (Å²) in [5.41, 5.74) is 1.81. The molecule has 0 fully saturated rings. The fraction of sp³-hybridized carbons (Fsp3) is 0.467. The number of carboxylic acid groups (broad SMARTS) is 1. The molecule has 0 aromatic heterocycles. The Labute approximate surface area is 118 Å². The van der Waals surface area contributed by atoms with Crippen LogP contribution in [-0.2, 0) is 15.0 Å². The van der Waals surface area contributed by atoms with Crippen LogP contribution in [0, 0.1) is 0 Å². The number of benzene rings is 1. The number of aliphatic carboxylic acids is 1. The molecule has 2 rings (SSSR count). The first-order chi connectivity index (χ1) is 9.17. The molecule has 1 heterocycles. The lowest BCUT2D eigenvalue weighted by atomic mass is 9.84. The Morgan fingerprint density at radius 2 is 1.95 bits per heavy atom. The van der Waals surface area contributed by atoms with E-state index in [9.17, 15) is 14.7 Å². The van der Waals surface area contributed by atoms with Gasteiger partial charge in [0.1, 0.15) is 6.04 Å². The van der Waals surface area contributed by atoms with Crippen LogP contribution in [0.3, 0.4) is 0 Å². The van der Waals surface area contributed by atoms with Crippen molar-refractivity contribution < 1.29 is 14.7 Å². The van der Waals surface area contributed by atoms with Gasteiger partial charge < -0.3 is 10.0 Å². The van der Waals surface area contributed by atoms with Gasteiger partial charge in [-0.3, -0.25) is 14.5 Å². The Morgan fingerprint density at radius 3 is 2.45 bits per heavy atom. The lowest BCUT2D eigenvalue weighted by Crippen LogP contribution is -2.33. The number of nitrogens with zero attached hydrogens (tertiary/aromatic N) is 2. The predicted molar refractivity (Wildman–Crippen MR) is 76.9 cm³/mol. The summed E-state index contributed by atoms with van der Waals surface area (Å²) in [7, 11) is 5.21. The van der Waals surface area contributed by atoms with Crippen LogP contribution in [0.1, 0.15) is 31.0 Å². The molecule has 0 aliphatic carbocycles. The predicted octanol–water partition coefficient (Wildman–Crippen LogP) is 1.63. The molecule has 1 aromatic rings. The van der Waals surface area contributed by atoms with Crippen LogP contribution in [0.5, 0.6) is 0 Å². The van der Waals surface area contributed by atoms with Crippen molar-refractivity contribution in [2.45, 2.75) is 25.3 Å². The van der Waals surface area contributed by atoms with E-state index in [4.69, 9.17) is 0 Å². The minimum atomic E-state index is -0.898. The van der Waals surface area contributed by atoms with Crippen molar-refractivity contribution >= 4 is 17.6 Å². The Kier molecular flexibility index (Phi) is 3.34. The second-order valence-corrected chi connectivity index (χ2v) is 5.97. The number of fused-ring (bicyclic) bond motifs is 1. The van der Waals surface area contributed by atoms with Gasteiger partial charge in [0.25, 0.3) is 0 Å². The molecule has 0 saturated carbocycles. The number of carbonyl (C=O) groups excluding carboxylic acids is 1. The van der Waals surface area contributed by atoms with E-state index >= 15 is 0 Å². The molecule has 1 aliphatic heterocycles. The second kappa shape index (κ2) is 4.59. The van der Waals surface area contributed by atoms with Gasteiger partial charge in [-0.25, -0.2) is 0 Å². The molecular formula is C15H20N2O3. The first kappa shape index (κ1) is 14.5. The smallest absolute Gasteiger partial charge is 0.325 e. The Morgan fingerprint density at radius 1 is 1.35 bits per heavy atom. The van der Waals surface area contributed by atoms with Crippen molar-refractivity contribution in [2.24, 2.45) is 0 Å². The molecule has 1 N–H and O–H groups in total. The topological polar surface area (TPSA) is 60.9 Å². The van der Waals surface area contributed by atoms with Crippen molar-refractivity contribution in [3.63, 3.8) is 0 Å². The van der Waals surface area contributed by atoms with Gasteiger partial charge in [0.2, 0.25) is 5.91 Å². The van der Waals surface area contributed by atoms with Crippen molar-refractivity contribution in [1.29, 1.82) is 0 Å². The molecule has 0 spiro atoms. The number of rotatable bonds is 3. The van der Waals surface area contributed by atoms with Crippen molar-refractivity contribution in [1.82, 2.24) is 4.90 Å². The molecule has 1 aliphatic rings. The van der Waals surface area contributed by atoms with Gasteiger partial charge >= 0.3 is 5.97 Å². The average Bonchev–Trinajstić information content (AvgIpc) is 2.51. The van der Waals surface area contributed by atoms with E-state index in [1.165, 1.54) is 0 Å². The van der Waals surface area contributed by atoms with Gasteiger partial charge in [0.05, 0.1) is 5.41 Å². The highest BCUT2D eigenvalue weighted by Crippen LogP contribution is 2.42. The maximum atomic E-state index is 12.2. The molecule has 1 atom stereocenters. The van der Waals surface area contributed by atoms with E-state index in [2.05, 4.69) is 0 Å². The Hall–Kier alpha value is -1.88. The van der Waals surface area contributed by atoms with Gasteiger partial charge in [0.15, 0.2) is 0 Å². The molecule has 20 heavy (non-hydrogen) atoms. The lowest BCUT2D eigenvalue weighted by molar-refractivity contribution is -0.142. The van der Waals surface area contributed by atoms with Crippen molar-refractivity contribution in [2.75, 3.05) is 26.0 Å². The van der Waals surface area contributed by atoms with Crippen LogP contribution in [0.2, 0.25) is 0 Å². The quantitative estimate of drug-likeness (QED) is 0.911. The zero-order valence-corrected chi connectivity index (χ0v) is 12.5. The Balaban J connectivity index is 2.56. The SMILES string of the molecule is CN1C(=O)C(C)(C)c2cc(C(C(=O)O)N(C)C)ccc21. The van der Waals surface area contributed by atoms with Crippen LogP contribution in [0.4, 0.5) is 5.69 Å². The fourth-order valence-corrected chi connectivity index (χ4v) is 2.82. The van der Waals surface area contributed by atoms with Gasteiger partial charge in [0, 0.05) is 12.7 Å². The molecule has 1 aromatic carbocycles. The molecule has 1 unspecified atom stereocenters. The molecule has 0 radical (unpaired) electrons. The molecule has 0 saturated heterocycles. The summed E-state index contributed by atoms with van der Waals surface area (Å²) in [6.45, 7) is 3.74. The first-order valence-electron chi connectivity index (χ1n) is 6.49. The molecule has 1 amide bonds. The zero-order valence-electron chi connectivity index (χ0n) is 12.5. The molecular weight excluding hydrogens is 256 g/mol. The number of hydrogen-bond donors (Lipinski definition) is 1. The molecule has 5 nitrogen and oxygen atoms in total. The Bertz CT molecular complexity index is 578. The van der Waals surface area contributed by atoms with E-state index in [0.717, 1.165) is 11.3 Å². The third-order valence-corrected chi connectivity index (χ3v) is 3.96. The summed E-state index contributed by atoms with van der Waals surface area (Å²) < 4.78 is 0. The largest absolute Gasteiger partial charge is 0.480 e. The standard InChI is InChI=1S/C15H20N2O3/c1-15(2)10-8-9(12(13(18)19)16(3)4)6-7-11(10)17(5)14(15)20/h6-8,12H,1-5H3,(H,18,19). The zero-order chi connectivity index (χ0) is 15.2. The highest BCUT2D eigenvalue weighted by Gasteiger charge is 2.42. The third kappa shape index (κ3) is 1.98. The van der Waals surface area contributed by atoms with E-state index in [1.807, 2.05) is 26.0 Å². The van der Waals surface area contributed by atoms with E-state index in [0.29, 0.717) is 5.56 Å². The van der Waals surface area contributed by atoms with Crippen LogP contribution in [0.25, 0.3) is 0 Å². The number of carboxylic acids is 1. The van der Waals surface area contributed by atoms with Crippen LogP contribution >= 0.6 is 0 Å². The van der Waals surface area contributed by atoms with Crippen molar-refractivity contribution in [3.05, 3.63) is 29.3 Å². The van der Waals surface area contributed by atoms with E-state index in [1.54, 1.807) is 37.0 Å². The summed E-state index contributed by atoms with van der Waals surface area (Å²) in [6, 6.07) is 4.74. The maximum Gasteiger partial charge on any atom is 0.325 e. The third-order valence-electron chi connectivity index (χ3n) is 3.96. The minimum absolute atomic E-state index is 0.0291. The monoisotopic (exact) mass is 276 g/mol. The number of anilines is 1. The van der Waals surface area contributed by atoms with Crippen LogP contribution < -0.4 is 4.90 Å². The number of amides is 1. The fourth-order valence-electron chi connectivity index (χ4n) is 2.82. The highest BCUT2D eigenvalue weighted by molar-refractivity contribution is 6.07. The number of carbonyl (C=O) groups is 2. The average molecular weight is 276 g/mol. The summed E-state index contributed by atoms with van der Waals surface area (Å²) in [5, 5.41) is 9.36. The summed E-state index contributed by atoms with van der Waals surface area (Å²) in [5.74, 6) is -0.869. The van der Waals surface area contributed by atoms with Gasteiger partial charge in [-0.1, -0.05) is 12.1 Å². The minimum Gasteiger partial charge on any atom is -0.480 e. The van der Waals surface area contributed by atoms with E-state index in [-0.39, 0.29) is 5.91 Å². The molecule has 0 bridgehead atoms. The highest BCUT2D eigenvalue weighted by atomic mass is 16.4. The number of likely N-dealkylation sites (N-methyl/N-ethyl adjacent to an activating group) is 2. The van der Waals surface area contributed by atoms with E-state index < -0.39 is 17.4 Å². The lowest BCUT2D eigenvalue weighted by Gasteiger charge is -2.22. The normalized spacial score (nSPS) is 18.3. The second-order valence-electron chi connectivity index (χ2n) is 5.97. The van der Waals surface area contributed by atoms with Gasteiger partial charge in [-0.2, -0.15) is 0 Å². The molecule has 5 heteroatoms. The summed E-state index contributed by atoms with van der Waals surface area (Å²) >= 11 is 0. The first-order valence-corrected chi connectivity index (χ1v) is 6.49. The van der Waals surface area contributed by atoms with Gasteiger partial charge in [-0.15, -0.1) is 0 Å². The molecule has 108 valence electrons. The van der Waals surface area contributed by atoms with Crippen LogP contribution in [-0.4, -0.2) is 43.0 Å². The van der Waals surface area contributed by atoms with Crippen molar-refractivity contribution in [3.8, 4) is 0 Å². The summed E-state index contributed by atoms with van der Waals surface area (Å²) in [4.78, 5) is 26.9. The number of hydrogen-bond acceptors (Lipinski definition) is 3. The van der Waals surface area contributed by atoms with Crippen LogP contribution in [0.15, 0.2) is 18.2 Å². The maximum absolute atomic E-state index is 12.2.